The molecule has 0 bridgehead atoms. The SMILES string of the molecule is CNC(C)CNC(=O)c1c(F)cccc1Cl. The van der Waals surface area contributed by atoms with Gasteiger partial charge in [-0.05, 0) is 26.1 Å². The molecule has 0 radical (unpaired) electrons. The molecule has 1 amide bonds. The average Bonchev–Trinajstić information content (AvgIpc) is 2.25. The van der Waals surface area contributed by atoms with Gasteiger partial charge >= 0.3 is 0 Å². The minimum absolute atomic E-state index is 0.104. The van der Waals surface area contributed by atoms with Gasteiger partial charge in [-0.15, -0.1) is 0 Å². The number of hydrogen-bond donors (Lipinski definition) is 2. The monoisotopic (exact) mass is 244 g/mol. The molecule has 0 aromatic heterocycles. The molecule has 5 heteroatoms. The van der Waals surface area contributed by atoms with Gasteiger partial charge in [0.15, 0.2) is 0 Å². The van der Waals surface area contributed by atoms with Crippen molar-refractivity contribution >= 4 is 17.5 Å². The van der Waals surface area contributed by atoms with Gasteiger partial charge in [0.25, 0.3) is 5.91 Å². The largest absolute Gasteiger partial charge is 0.350 e. The van der Waals surface area contributed by atoms with Crippen LogP contribution in [0.1, 0.15) is 17.3 Å². The first-order chi connectivity index (χ1) is 7.56. The first kappa shape index (κ1) is 12.9. The van der Waals surface area contributed by atoms with E-state index in [1.54, 1.807) is 7.05 Å². The molecule has 3 nitrogen and oxygen atoms in total. The second kappa shape index (κ2) is 5.82. The third kappa shape index (κ3) is 3.18. The van der Waals surface area contributed by atoms with Crippen molar-refractivity contribution in [2.45, 2.75) is 13.0 Å². The molecule has 0 saturated heterocycles. The summed E-state index contributed by atoms with van der Waals surface area (Å²) in [6.07, 6.45) is 0. The molecule has 2 N–H and O–H groups in total. The van der Waals surface area contributed by atoms with Gasteiger partial charge in [0.2, 0.25) is 0 Å². The Kier molecular flexibility index (Phi) is 4.71. The predicted molar refractivity (Wildman–Crippen MR) is 62.3 cm³/mol. The number of nitrogens with one attached hydrogen (secondary N) is 2. The molecule has 0 fully saturated rings. The summed E-state index contributed by atoms with van der Waals surface area (Å²) >= 11 is 5.76. The van der Waals surface area contributed by atoms with Gasteiger partial charge in [-0.3, -0.25) is 4.79 Å². The topological polar surface area (TPSA) is 41.1 Å². The standard InChI is InChI=1S/C11H14ClFN2O/c1-7(14-2)6-15-11(16)10-8(12)4-3-5-9(10)13/h3-5,7,14H,6H2,1-2H3,(H,15,16). The Morgan fingerprint density at radius 3 is 2.81 bits per heavy atom. The molecule has 0 aliphatic carbocycles. The fourth-order valence-corrected chi connectivity index (χ4v) is 1.40. The predicted octanol–water partition coefficient (Wildman–Crippen LogP) is 1.82. The molecule has 0 spiro atoms. The molecule has 1 aromatic carbocycles. The maximum atomic E-state index is 13.3. The Morgan fingerprint density at radius 2 is 2.25 bits per heavy atom. The number of hydrogen-bond acceptors (Lipinski definition) is 2. The molecular weight excluding hydrogens is 231 g/mol. The molecule has 1 atom stereocenters. The quantitative estimate of drug-likeness (QED) is 0.848. The minimum atomic E-state index is -0.609. The van der Waals surface area contributed by atoms with Crippen LogP contribution in [-0.4, -0.2) is 25.5 Å². The third-order valence-electron chi connectivity index (χ3n) is 2.25. The van der Waals surface area contributed by atoms with E-state index in [0.29, 0.717) is 6.54 Å². The highest BCUT2D eigenvalue weighted by molar-refractivity contribution is 6.33. The van der Waals surface area contributed by atoms with Crippen molar-refractivity contribution in [3.05, 3.63) is 34.6 Å². The zero-order valence-corrected chi connectivity index (χ0v) is 9.94. The van der Waals surface area contributed by atoms with E-state index in [2.05, 4.69) is 10.6 Å². The summed E-state index contributed by atoms with van der Waals surface area (Å²) in [5.74, 6) is -1.10. The van der Waals surface area contributed by atoms with Crippen molar-refractivity contribution in [2.24, 2.45) is 0 Å². The van der Waals surface area contributed by atoms with Gasteiger partial charge < -0.3 is 10.6 Å². The van der Waals surface area contributed by atoms with E-state index in [9.17, 15) is 9.18 Å². The van der Waals surface area contributed by atoms with Gasteiger partial charge in [-0.2, -0.15) is 0 Å². The second-order valence-corrected chi connectivity index (χ2v) is 3.90. The number of carbonyl (C=O) groups excluding carboxylic acids is 1. The van der Waals surface area contributed by atoms with Gasteiger partial charge in [0, 0.05) is 12.6 Å². The van der Waals surface area contributed by atoms with Crippen molar-refractivity contribution in [1.29, 1.82) is 0 Å². The molecule has 0 aliphatic rings. The van der Waals surface area contributed by atoms with E-state index in [0.717, 1.165) is 0 Å². The molecule has 1 unspecified atom stereocenters. The molecule has 1 rings (SSSR count). The molecule has 0 heterocycles. The van der Waals surface area contributed by atoms with E-state index in [-0.39, 0.29) is 16.6 Å². The van der Waals surface area contributed by atoms with E-state index in [1.807, 2.05) is 6.92 Å². The van der Waals surface area contributed by atoms with Crippen molar-refractivity contribution in [3.8, 4) is 0 Å². The second-order valence-electron chi connectivity index (χ2n) is 3.50. The molecule has 16 heavy (non-hydrogen) atoms. The zero-order chi connectivity index (χ0) is 12.1. The summed E-state index contributed by atoms with van der Waals surface area (Å²) in [7, 11) is 1.78. The molecule has 88 valence electrons. The van der Waals surface area contributed by atoms with Gasteiger partial charge in [0.1, 0.15) is 5.82 Å². The van der Waals surface area contributed by atoms with Gasteiger partial charge in [-0.1, -0.05) is 17.7 Å². The Morgan fingerprint density at radius 1 is 1.56 bits per heavy atom. The van der Waals surface area contributed by atoms with Gasteiger partial charge in [-0.25, -0.2) is 4.39 Å². The maximum absolute atomic E-state index is 13.3. The number of halogens is 2. The third-order valence-corrected chi connectivity index (χ3v) is 2.57. The first-order valence-electron chi connectivity index (χ1n) is 4.95. The van der Waals surface area contributed by atoms with Crippen molar-refractivity contribution in [3.63, 3.8) is 0 Å². The lowest BCUT2D eigenvalue weighted by Crippen LogP contribution is -2.37. The first-order valence-corrected chi connectivity index (χ1v) is 5.33. The van der Waals surface area contributed by atoms with E-state index < -0.39 is 11.7 Å². The molecule has 0 aliphatic heterocycles. The number of carbonyl (C=O) groups is 1. The smallest absolute Gasteiger partial charge is 0.255 e. The number of likely N-dealkylation sites (N-methyl/N-ethyl adjacent to an activating group) is 1. The highest BCUT2D eigenvalue weighted by atomic mass is 35.5. The summed E-state index contributed by atoms with van der Waals surface area (Å²) < 4.78 is 13.3. The summed E-state index contributed by atoms with van der Waals surface area (Å²) in [6.45, 7) is 2.32. The highest BCUT2D eigenvalue weighted by Crippen LogP contribution is 2.18. The lowest BCUT2D eigenvalue weighted by molar-refractivity contribution is 0.0946. The fourth-order valence-electron chi connectivity index (χ4n) is 1.15. The highest BCUT2D eigenvalue weighted by Gasteiger charge is 2.15. The normalized spacial score (nSPS) is 12.2. The summed E-state index contributed by atoms with van der Waals surface area (Å²) in [4.78, 5) is 11.6. The van der Waals surface area contributed by atoms with Crippen molar-refractivity contribution in [1.82, 2.24) is 10.6 Å². The summed E-state index contributed by atoms with van der Waals surface area (Å²) in [5.41, 5.74) is -0.104. The maximum Gasteiger partial charge on any atom is 0.255 e. The molecule has 1 aromatic rings. The average molecular weight is 245 g/mol. The van der Waals surface area contributed by atoms with Crippen LogP contribution >= 0.6 is 11.6 Å². The van der Waals surface area contributed by atoms with Crippen molar-refractivity contribution < 1.29 is 9.18 Å². The Labute approximate surface area is 99.0 Å². The van der Waals surface area contributed by atoms with Crippen LogP contribution in [0, 0.1) is 5.82 Å². The van der Waals surface area contributed by atoms with Crippen LogP contribution in [0.15, 0.2) is 18.2 Å². The Bertz CT molecular complexity index is 364. The Hall–Kier alpha value is -1.13. The van der Waals surface area contributed by atoms with E-state index in [1.165, 1.54) is 18.2 Å². The van der Waals surface area contributed by atoms with Crippen LogP contribution in [0.25, 0.3) is 0 Å². The van der Waals surface area contributed by atoms with E-state index in [4.69, 9.17) is 11.6 Å². The van der Waals surface area contributed by atoms with Crippen LogP contribution in [0.2, 0.25) is 5.02 Å². The fraction of sp³-hybridized carbons (Fsp3) is 0.364. The van der Waals surface area contributed by atoms with Crippen LogP contribution in [0.5, 0.6) is 0 Å². The van der Waals surface area contributed by atoms with Gasteiger partial charge in [0.05, 0.1) is 10.6 Å². The number of rotatable bonds is 4. The lowest BCUT2D eigenvalue weighted by atomic mass is 10.2. The molecule has 0 saturated carbocycles. The van der Waals surface area contributed by atoms with Crippen LogP contribution in [-0.2, 0) is 0 Å². The Balaban J connectivity index is 2.73. The van der Waals surface area contributed by atoms with Crippen LogP contribution in [0.3, 0.4) is 0 Å². The minimum Gasteiger partial charge on any atom is -0.350 e. The van der Waals surface area contributed by atoms with Crippen LogP contribution < -0.4 is 10.6 Å². The van der Waals surface area contributed by atoms with Crippen molar-refractivity contribution in [2.75, 3.05) is 13.6 Å². The summed E-state index contributed by atoms with van der Waals surface area (Å²) in [6, 6.07) is 4.28. The number of benzene rings is 1. The zero-order valence-electron chi connectivity index (χ0n) is 9.18. The summed E-state index contributed by atoms with van der Waals surface area (Å²) in [5, 5.41) is 5.68. The van der Waals surface area contributed by atoms with E-state index >= 15 is 0 Å². The lowest BCUT2D eigenvalue weighted by Gasteiger charge is -2.12. The van der Waals surface area contributed by atoms with Crippen LogP contribution in [0.4, 0.5) is 4.39 Å². The number of amides is 1. The molecular formula is C11H14ClFN2O.